The summed E-state index contributed by atoms with van der Waals surface area (Å²) in [5, 5.41) is 3.12. The van der Waals surface area contributed by atoms with E-state index in [0.717, 1.165) is 38.6 Å². The molecule has 68 heavy (non-hydrogen) atoms. The van der Waals surface area contributed by atoms with Crippen molar-refractivity contribution < 1.29 is 23.7 Å². The van der Waals surface area contributed by atoms with Gasteiger partial charge in [-0.05, 0) is 149 Å². The van der Waals surface area contributed by atoms with Crippen LogP contribution >= 0.6 is 0 Å². The number of unbranched alkanes of at least 4 members (excludes halogenated alkanes) is 21. The number of hydrogen-bond acceptors (Lipinski definition) is 5. The molecule has 1 saturated heterocycles. The SMILES string of the molecule is C#CC#CC#CC#CC#CC#CC#CC#CC#CC#CC#C.CCCCCCCCCCCCCCCCCCCCCC(=O)NCCCCCCO[C@H]1[C@H](C)OC(COC(C)C)[C@H]1OC(C)C. The smallest absolute Gasteiger partial charge is 0.219 e. The number of carbonyl (C=O) groups excluding carboxylic acids is 1. The van der Waals surface area contributed by atoms with Gasteiger partial charge in [0.15, 0.2) is 0 Å². The Balaban J connectivity index is 0.00000171. The molecule has 1 N–H and O–H groups in total. The van der Waals surface area contributed by atoms with Crippen molar-refractivity contribution >= 4 is 5.91 Å². The highest BCUT2D eigenvalue weighted by atomic mass is 16.6. The molecule has 364 valence electrons. The van der Waals surface area contributed by atoms with Gasteiger partial charge in [0.05, 0.1) is 24.9 Å². The first kappa shape index (κ1) is 62.5. The van der Waals surface area contributed by atoms with Crippen molar-refractivity contribution in [1.29, 1.82) is 0 Å². The van der Waals surface area contributed by atoms with Crippen LogP contribution < -0.4 is 5.32 Å². The van der Waals surface area contributed by atoms with Crippen LogP contribution in [0.2, 0.25) is 0 Å². The number of amides is 1. The molecule has 0 spiro atoms. The minimum Gasteiger partial charge on any atom is -0.376 e. The molecule has 0 aliphatic carbocycles. The number of nitrogens with one attached hydrogen (secondary N) is 1. The van der Waals surface area contributed by atoms with Crippen LogP contribution in [0.15, 0.2) is 0 Å². The molecule has 1 amide bonds. The van der Waals surface area contributed by atoms with Crippen LogP contribution in [0.4, 0.5) is 0 Å². The van der Waals surface area contributed by atoms with Crippen LogP contribution in [0.25, 0.3) is 0 Å². The minimum atomic E-state index is -0.0992. The van der Waals surface area contributed by atoms with Crippen molar-refractivity contribution in [1.82, 2.24) is 5.32 Å². The lowest BCUT2D eigenvalue weighted by Crippen LogP contribution is -2.40. The van der Waals surface area contributed by atoms with E-state index in [-0.39, 0.29) is 42.5 Å². The van der Waals surface area contributed by atoms with Crippen LogP contribution in [-0.4, -0.2) is 62.3 Å². The number of terminal acetylenes is 2. The van der Waals surface area contributed by atoms with E-state index in [9.17, 15) is 4.79 Å². The lowest BCUT2D eigenvalue weighted by atomic mass is 10.0. The molecule has 1 fully saturated rings. The second kappa shape index (κ2) is 49.4. The molecular weight excluding hydrogens is 839 g/mol. The Bertz CT molecular complexity index is 1940. The largest absolute Gasteiger partial charge is 0.376 e. The summed E-state index contributed by atoms with van der Waals surface area (Å²) in [6, 6.07) is 0. The van der Waals surface area contributed by atoms with E-state index in [4.69, 9.17) is 31.8 Å². The Labute approximate surface area is 416 Å². The maximum Gasteiger partial charge on any atom is 0.219 e. The highest BCUT2D eigenvalue weighted by Gasteiger charge is 2.44. The van der Waals surface area contributed by atoms with E-state index < -0.39 is 0 Å². The van der Waals surface area contributed by atoms with Crippen molar-refractivity contribution in [3.8, 4) is 131 Å². The van der Waals surface area contributed by atoms with Crippen molar-refractivity contribution in [2.75, 3.05) is 19.8 Å². The predicted octanol–water partition coefficient (Wildman–Crippen LogP) is 11.2. The first-order valence-electron chi connectivity index (χ1n) is 25.5. The third-order valence-electron chi connectivity index (χ3n) is 10.5. The monoisotopic (exact) mass is 920 g/mol. The molecule has 1 rings (SSSR count). The van der Waals surface area contributed by atoms with E-state index in [1.165, 1.54) is 116 Å². The van der Waals surface area contributed by atoms with E-state index in [0.29, 0.717) is 19.6 Å². The van der Waals surface area contributed by atoms with E-state index in [2.05, 4.69) is 151 Å². The quantitative estimate of drug-likeness (QED) is 0.0525. The standard InChI is InChI=1S/C40H79NO5.C22H2/c1-7-8-9-10-11-12-13-14-15-16-17-18-19-20-21-22-23-24-27-30-38(42)41-31-28-25-26-29-32-43-39-36(6)46-37(33-44-34(2)3)40(39)45-35(4)5;1-3-5-7-9-11-13-15-17-19-21-22-20-18-16-14-12-10-8-6-4-2/h34-37,39-40H,7-33H2,1-6H3,(H,41,42);1-2H/t36-,37?,39-,40+;/m0./s1. The highest BCUT2D eigenvalue weighted by Crippen LogP contribution is 2.28. The molecule has 1 heterocycles. The molecule has 0 bridgehead atoms. The number of rotatable bonds is 33. The molecule has 4 atom stereocenters. The molecule has 6 nitrogen and oxygen atoms in total. The van der Waals surface area contributed by atoms with Gasteiger partial charge < -0.3 is 24.3 Å². The zero-order valence-electron chi connectivity index (χ0n) is 42.8. The predicted molar refractivity (Wildman–Crippen MR) is 282 cm³/mol. The maximum atomic E-state index is 12.2. The maximum absolute atomic E-state index is 12.2. The van der Waals surface area contributed by atoms with Gasteiger partial charge >= 0.3 is 0 Å². The number of hydrogen-bond donors (Lipinski definition) is 1. The van der Waals surface area contributed by atoms with Gasteiger partial charge in [0.2, 0.25) is 5.91 Å². The summed E-state index contributed by atoms with van der Waals surface area (Å²) in [6.07, 6.45) is 40.9. The second-order valence-electron chi connectivity index (χ2n) is 17.2. The van der Waals surface area contributed by atoms with Gasteiger partial charge in [0, 0.05) is 43.3 Å². The second-order valence-corrected chi connectivity index (χ2v) is 17.2. The lowest BCUT2D eigenvalue weighted by molar-refractivity contribution is -0.121. The third-order valence-corrected chi connectivity index (χ3v) is 10.5. The zero-order valence-corrected chi connectivity index (χ0v) is 42.8. The minimum absolute atomic E-state index is 0.00588. The summed E-state index contributed by atoms with van der Waals surface area (Å²) in [5.74, 6) is 48.4. The lowest BCUT2D eigenvalue weighted by Gasteiger charge is -2.26. The molecule has 1 aliphatic heterocycles. The summed E-state index contributed by atoms with van der Waals surface area (Å²) in [7, 11) is 0. The Morgan fingerprint density at radius 1 is 0.500 bits per heavy atom. The average molecular weight is 920 g/mol. The van der Waals surface area contributed by atoms with Crippen molar-refractivity contribution in [2.24, 2.45) is 0 Å². The molecular formula is C62H81NO5. The summed E-state index contributed by atoms with van der Waals surface area (Å²) >= 11 is 0. The highest BCUT2D eigenvalue weighted by molar-refractivity contribution is 5.75. The fourth-order valence-corrected chi connectivity index (χ4v) is 7.09. The Kier molecular flexibility index (Phi) is 45.4. The van der Waals surface area contributed by atoms with Gasteiger partial charge in [0.25, 0.3) is 0 Å². The van der Waals surface area contributed by atoms with E-state index >= 15 is 0 Å². The van der Waals surface area contributed by atoms with Gasteiger partial charge in [0.1, 0.15) is 18.3 Å². The van der Waals surface area contributed by atoms with Crippen molar-refractivity contribution in [3.05, 3.63) is 0 Å². The molecule has 0 aromatic rings. The van der Waals surface area contributed by atoms with Crippen LogP contribution in [0, 0.1) is 131 Å². The normalized spacial score (nSPS) is 14.7. The average Bonchev–Trinajstić information content (AvgIpc) is 3.61. The van der Waals surface area contributed by atoms with Crippen molar-refractivity contribution in [2.45, 2.75) is 232 Å². The first-order valence-corrected chi connectivity index (χ1v) is 25.5. The fourth-order valence-electron chi connectivity index (χ4n) is 7.09. The molecule has 0 aromatic carbocycles. The fraction of sp³-hybridized carbons (Fsp3) is 0.629. The van der Waals surface area contributed by atoms with Gasteiger partial charge in [-0.1, -0.05) is 135 Å². The van der Waals surface area contributed by atoms with Gasteiger partial charge in [-0.25, -0.2) is 0 Å². The molecule has 1 unspecified atom stereocenters. The Hall–Kier alpha value is -5.53. The van der Waals surface area contributed by atoms with Crippen molar-refractivity contribution in [3.63, 3.8) is 0 Å². The van der Waals surface area contributed by atoms with E-state index in [1.807, 2.05) is 13.8 Å². The summed E-state index contributed by atoms with van der Waals surface area (Å²) in [6.45, 7) is 14.6. The number of ether oxygens (including phenoxy) is 4. The van der Waals surface area contributed by atoms with Gasteiger partial charge in [-0.15, -0.1) is 12.8 Å². The molecule has 6 heteroatoms. The Morgan fingerprint density at radius 3 is 1.25 bits per heavy atom. The van der Waals surface area contributed by atoms with Crippen LogP contribution in [0.1, 0.15) is 196 Å². The first-order chi connectivity index (χ1) is 33.3. The zero-order chi connectivity index (χ0) is 49.8. The third kappa shape index (κ3) is 43.1. The summed E-state index contributed by atoms with van der Waals surface area (Å²) in [5.41, 5.74) is 0. The summed E-state index contributed by atoms with van der Waals surface area (Å²) < 4.78 is 24.4. The van der Waals surface area contributed by atoms with E-state index in [1.54, 1.807) is 0 Å². The number of carbonyl (C=O) groups is 1. The molecule has 0 radical (unpaired) electrons. The van der Waals surface area contributed by atoms with Gasteiger partial charge in [-0.2, -0.15) is 0 Å². The van der Waals surface area contributed by atoms with Crippen LogP contribution in [0.5, 0.6) is 0 Å². The van der Waals surface area contributed by atoms with Gasteiger partial charge in [-0.3, -0.25) is 4.79 Å². The van der Waals surface area contributed by atoms with Crippen LogP contribution in [0.3, 0.4) is 0 Å². The topological polar surface area (TPSA) is 66.0 Å². The Morgan fingerprint density at radius 2 is 0.868 bits per heavy atom. The van der Waals surface area contributed by atoms with Crippen LogP contribution in [-0.2, 0) is 23.7 Å². The molecule has 0 saturated carbocycles. The molecule has 1 aliphatic rings. The molecule has 0 aromatic heterocycles. The summed E-state index contributed by atoms with van der Waals surface area (Å²) in [4.78, 5) is 12.2.